The van der Waals surface area contributed by atoms with Crippen LogP contribution < -0.4 is 0 Å². The summed E-state index contributed by atoms with van der Waals surface area (Å²) in [5.74, 6) is -0.980. The molecule has 0 spiro atoms. The Balaban J connectivity index is 4.41. The van der Waals surface area contributed by atoms with Crippen LogP contribution in [0.5, 0.6) is 0 Å². The van der Waals surface area contributed by atoms with Crippen molar-refractivity contribution in [2.75, 3.05) is 13.2 Å². The molecule has 0 aromatic heterocycles. The minimum atomic E-state index is -0.815. The molecule has 0 unspecified atom stereocenters. The third kappa shape index (κ3) is 48.7. The predicted octanol–water partition coefficient (Wildman–Crippen LogP) is 15.7. The molecular weight excluding hydrogens is 829 g/mol. The first-order valence-corrected chi connectivity index (χ1v) is 28.8. The smallest absolute Gasteiger partial charge is 0.306 e. The maximum atomic E-state index is 12.8. The lowest BCUT2D eigenvalue weighted by Gasteiger charge is -2.18. The van der Waals surface area contributed by atoms with E-state index in [0.29, 0.717) is 12.8 Å². The number of aliphatic hydroxyl groups excluding tert-OH is 3. The van der Waals surface area contributed by atoms with Gasteiger partial charge in [0.15, 0.2) is 6.10 Å². The fourth-order valence-electron chi connectivity index (χ4n) is 8.86. The topological polar surface area (TPSA) is 140 Å². The van der Waals surface area contributed by atoms with E-state index in [1.165, 1.54) is 109 Å². The average Bonchev–Trinajstić information content (AvgIpc) is 3.30. The standard InChI is InChI=1S/C57H110O9/c1-4-7-10-31-40-51(58)43-34-25-19-13-16-22-28-37-46-55(61)64-49-54(66-57(63)48-39-30-24-18-15-21-27-36-45-53(60)42-33-12-9-6-3)50-65-56(62)47-38-29-23-17-14-20-26-35-44-52(59)41-32-11-8-5-2/h51-54,58-60H,4-50H2,1-3H3/t51-,52-,53-/m0/s1. The molecule has 3 atom stereocenters. The normalized spacial score (nSPS) is 13.0. The molecule has 0 aromatic rings. The van der Waals surface area contributed by atoms with Gasteiger partial charge in [-0.05, 0) is 57.8 Å². The van der Waals surface area contributed by atoms with E-state index in [1.54, 1.807) is 0 Å². The van der Waals surface area contributed by atoms with Crippen molar-refractivity contribution in [1.29, 1.82) is 0 Å². The summed E-state index contributed by atoms with van der Waals surface area (Å²) in [6.07, 6.45) is 45.4. The second kappa shape index (κ2) is 51.1. The number of esters is 3. The Labute approximate surface area is 407 Å². The molecule has 0 aliphatic rings. The van der Waals surface area contributed by atoms with Crippen LogP contribution in [0.4, 0.5) is 0 Å². The highest BCUT2D eigenvalue weighted by atomic mass is 16.6. The van der Waals surface area contributed by atoms with E-state index >= 15 is 0 Å². The Morgan fingerprint density at radius 2 is 0.515 bits per heavy atom. The number of unbranched alkanes of at least 4 members (excludes halogenated alkanes) is 30. The van der Waals surface area contributed by atoms with Crippen LogP contribution in [0.25, 0.3) is 0 Å². The summed E-state index contributed by atoms with van der Waals surface area (Å²) >= 11 is 0. The van der Waals surface area contributed by atoms with Gasteiger partial charge in [0.1, 0.15) is 13.2 Å². The van der Waals surface area contributed by atoms with E-state index in [0.717, 1.165) is 161 Å². The lowest BCUT2D eigenvalue weighted by atomic mass is 10.0. The molecule has 0 heterocycles. The van der Waals surface area contributed by atoms with Gasteiger partial charge >= 0.3 is 17.9 Å². The van der Waals surface area contributed by atoms with Crippen molar-refractivity contribution in [3.63, 3.8) is 0 Å². The molecule has 0 radical (unpaired) electrons. The monoisotopic (exact) mass is 939 g/mol. The zero-order chi connectivity index (χ0) is 48.4. The Kier molecular flexibility index (Phi) is 49.8. The Morgan fingerprint density at radius 3 is 0.773 bits per heavy atom. The Bertz CT molecular complexity index is 983. The largest absolute Gasteiger partial charge is 0.462 e. The quantitative estimate of drug-likeness (QED) is 0.0309. The number of rotatable bonds is 53. The van der Waals surface area contributed by atoms with E-state index in [2.05, 4.69) is 20.8 Å². The van der Waals surface area contributed by atoms with Gasteiger partial charge in [0.25, 0.3) is 0 Å². The second-order valence-electron chi connectivity index (χ2n) is 20.1. The summed E-state index contributed by atoms with van der Waals surface area (Å²) in [5.41, 5.74) is 0. The maximum absolute atomic E-state index is 12.8. The molecule has 0 aliphatic heterocycles. The van der Waals surface area contributed by atoms with E-state index in [1.807, 2.05) is 0 Å². The van der Waals surface area contributed by atoms with Crippen LogP contribution in [0, 0.1) is 0 Å². The van der Waals surface area contributed by atoms with Gasteiger partial charge in [-0.15, -0.1) is 0 Å². The van der Waals surface area contributed by atoms with Crippen molar-refractivity contribution in [2.45, 2.75) is 334 Å². The summed E-state index contributed by atoms with van der Waals surface area (Å²) in [6.45, 7) is 6.41. The second-order valence-corrected chi connectivity index (χ2v) is 20.1. The Morgan fingerprint density at radius 1 is 0.303 bits per heavy atom. The molecule has 9 heteroatoms. The van der Waals surface area contributed by atoms with Gasteiger partial charge in [0, 0.05) is 19.3 Å². The molecule has 0 saturated heterocycles. The van der Waals surface area contributed by atoms with Gasteiger partial charge in [-0.2, -0.15) is 0 Å². The average molecular weight is 939 g/mol. The van der Waals surface area contributed by atoms with E-state index < -0.39 is 6.10 Å². The molecule has 66 heavy (non-hydrogen) atoms. The molecule has 392 valence electrons. The number of aliphatic hydroxyl groups is 3. The number of ether oxygens (including phenoxy) is 3. The van der Waals surface area contributed by atoms with Crippen LogP contribution in [0.2, 0.25) is 0 Å². The highest BCUT2D eigenvalue weighted by Gasteiger charge is 2.20. The van der Waals surface area contributed by atoms with E-state index in [9.17, 15) is 29.7 Å². The van der Waals surface area contributed by atoms with Crippen molar-refractivity contribution in [3.8, 4) is 0 Å². The molecule has 0 aliphatic carbocycles. The molecule has 0 amide bonds. The molecule has 0 aromatic carbocycles. The minimum absolute atomic E-state index is 0.112. The van der Waals surface area contributed by atoms with Crippen LogP contribution in [-0.2, 0) is 28.6 Å². The number of carbonyl (C=O) groups is 3. The van der Waals surface area contributed by atoms with Crippen LogP contribution in [-0.4, -0.2) is 70.9 Å². The van der Waals surface area contributed by atoms with Gasteiger partial charge in [-0.3, -0.25) is 14.4 Å². The first-order chi connectivity index (χ1) is 32.2. The number of carbonyl (C=O) groups excluding carboxylic acids is 3. The van der Waals surface area contributed by atoms with Crippen LogP contribution >= 0.6 is 0 Å². The molecule has 0 rings (SSSR count). The van der Waals surface area contributed by atoms with Gasteiger partial charge < -0.3 is 29.5 Å². The molecule has 3 N–H and O–H groups in total. The Hall–Kier alpha value is -1.71. The van der Waals surface area contributed by atoms with E-state index in [-0.39, 0.29) is 55.9 Å². The minimum Gasteiger partial charge on any atom is -0.462 e. The highest BCUT2D eigenvalue weighted by molar-refractivity contribution is 5.71. The number of hydrogen-bond acceptors (Lipinski definition) is 9. The molecule has 0 saturated carbocycles. The van der Waals surface area contributed by atoms with Crippen molar-refractivity contribution >= 4 is 17.9 Å². The molecule has 9 nitrogen and oxygen atoms in total. The summed E-state index contributed by atoms with van der Waals surface area (Å²) in [6, 6.07) is 0. The first-order valence-electron chi connectivity index (χ1n) is 28.8. The predicted molar refractivity (Wildman–Crippen MR) is 275 cm³/mol. The van der Waals surface area contributed by atoms with Crippen LogP contribution in [0.1, 0.15) is 310 Å². The fourth-order valence-corrected chi connectivity index (χ4v) is 8.86. The van der Waals surface area contributed by atoms with Gasteiger partial charge in [0.2, 0.25) is 0 Å². The van der Waals surface area contributed by atoms with Gasteiger partial charge in [0.05, 0.1) is 18.3 Å². The van der Waals surface area contributed by atoms with Crippen molar-refractivity contribution in [1.82, 2.24) is 0 Å². The molecule has 0 fully saturated rings. The van der Waals surface area contributed by atoms with Crippen LogP contribution in [0.3, 0.4) is 0 Å². The first kappa shape index (κ1) is 64.3. The van der Waals surface area contributed by atoms with Crippen molar-refractivity contribution < 1.29 is 43.9 Å². The lowest BCUT2D eigenvalue weighted by Crippen LogP contribution is -2.30. The van der Waals surface area contributed by atoms with Crippen molar-refractivity contribution in [3.05, 3.63) is 0 Å². The zero-order valence-corrected chi connectivity index (χ0v) is 43.8. The summed E-state index contributed by atoms with van der Waals surface area (Å²) in [4.78, 5) is 38.1. The summed E-state index contributed by atoms with van der Waals surface area (Å²) < 4.78 is 16.8. The van der Waals surface area contributed by atoms with Crippen LogP contribution in [0.15, 0.2) is 0 Å². The highest BCUT2D eigenvalue weighted by Crippen LogP contribution is 2.18. The third-order valence-electron chi connectivity index (χ3n) is 13.3. The SMILES string of the molecule is CCCCCC[C@H](O)CCCCCCCCCCC(=O)OCC(COC(=O)CCCCCCCCCC[C@@H](O)CCCCCC)OC(=O)CCCCCCCCCC[C@@H](O)CCCCCC. The molecular formula is C57H110O9. The van der Waals surface area contributed by atoms with Crippen molar-refractivity contribution in [2.24, 2.45) is 0 Å². The summed E-state index contributed by atoms with van der Waals surface area (Å²) in [5, 5.41) is 30.5. The zero-order valence-electron chi connectivity index (χ0n) is 43.8. The number of hydrogen-bond donors (Lipinski definition) is 3. The molecule has 0 bridgehead atoms. The maximum Gasteiger partial charge on any atom is 0.306 e. The van der Waals surface area contributed by atoms with E-state index in [4.69, 9.17) is 14.2 Å². The summed E-state index contributed by atoms with van der Waals surface area (Å²) in [7, 11) is 0. The fraction of sp³-hybridized carbons (Fsp3) is 0.947. The van der Waals surface area contributed by atoms with Gasteiger partial charge in [-0.1, -0.05) is 233 Å². The third-order valence-corrected chi connectivity index (χ3v) is 13.3. The van der Waals surface area contributed by atoms with Gasteiger partial charge in [-0.25, -0.2) is 0 Å². The lowest BCUT2D eigenvalue weighted by molar-refractivity contribution is -0.167.